The predicted octanol–water partition coefficient (Wildman–Crippen LogP) is 4.28. The maximum atomic E-state index is 6.56. The summed E-state index contributed by atoms with van der Waals surface area (Å²) in [5.41, 5.74) is 0.177. The molecule has 0 spiro atoms. The lowest BCUT2D eigenvalue weighted by molar-refractivity contribution is -0.0884. The van der Waals surface area contributed by atoms with Crippen molar-refractivity contribution in [1.29, 1.82) is 0 Å². The van der Waals surface area contributed by atoms with Crippen molar-refractivity contribution in [3.63, 3.8) is 0 Å². The topological polar surface area (TPSA) is 21.3 Å². The van der Waals surface area contributed by atoms with Crippen LogP contribution in [0, 0.1) is 11.8 Å². The zero-order valence-electron chi connectivity index (χ0n) is 13.3. The Kier molecular flexibility index (Phi) is 5.04. The molecule has 0 bridgehead atoms. The quantitative estimate of drug-likeness (QED) is 0.751. The van der Waals surface area contributed by atoms with Crippen LogP contribution in [0.25, 0.3) is 0 Å². The highest BCUT2D eigenvalue weighted by Crippen LogP contribution is 2.38. The summed E-state index contributed by atoms with van der Waals surface area (Å²) in [4.78, 5) is 0. The van der Waals surface area contributed by atoms with Crippen molar-refractivity contribution >= 4 is 0 Å². The van der Waals surface area contributed by atoms with Gasteiger partial charge in [-0.3, -0.25) is 0 Å². The molecule has 0 radical (unpaired) electrons. The highest BCUT2D eigenvalue weighted by molar-refractivity contribution is 4.92. The molecule has 2 heteroatoms. The van der Waals surface area contributed by atoms with Crippen LogP contribution in [0.3, 0.4) is 0 Å². The average Bonchev–Trinajstić information content (AvgIpc) is 3.18. The van der Waals surface area contributed by atoms with Crippen LogP contribution in [0.2, 0.25) is 0 Å². The average molecular weight is 279 g/mol. The van der Waals surface area contributed by atoms with Gasteiger partial charge in [-0.05, 0) is 63.2 Å². The van der Waals surface area contributed by atoms with Crippen molar-refractivity contribution in [3.05, 3.63) is 0 Å². The Balaban J connectivity index is 1.51. The van der Waals surface area contributed by atoms with Gasteiger partial charge >= 0.3 is 0 Å². The van der Waals surface area contributed by atoms with Crippen molar-refractivity contribution in [2.75, 3.05) is 13.2 Å². The van der Waals surface area contributed by atoms with E-state index in [1.807, 2.05) is 0 Å². The monoisotopic (exact) mass is 279 g/mol. The van der Waals surface area contributed by atoms with Crippen LogP contribution in [0.4, 0.5) is 0 Å². The zero-order chi connectivity index (χ0) is 13.8. The van der Waals surface area contributed by atoms with Crippen LogP contribution in [0.1, 0.15) is 77.6 Å². The van der Waals surface area contributed by atoms with Gasteiger partial charge in [0.25, 0.3) is 0 Å². The van der Waals surface area contributed by atoms with Gasteiger partial charge < -0.3 is 10.1 Å². The SMILES string of the molecule is CCC1CCC(CNC2CC2)(OCC2CCCC2)CC1. The Morgan fingerprint density at radius 3 is 2.25 bits per heavy atom. The minimum atomic E-state index is 0.177. The Bertz CT molecular complexity index is 286. The van der Waals surface area contributed by atoms with E-state index in [0.717, 1.165) is 31.0 Å². The number of ether oxygens (including phenoxy) is 1. The van der Waals surface area contributed by atoms with Gasteiger partial charge in [0.2, 0.25) is 0 Å². The van der Waals surface area contributed by atoms with E-state index >= 15 is 0 Å². The van der Waals surface area contributed by atoms with Crippen molar-refractivity contribution in [2.45, 2.75) is 89.2 Å². The first-order valence-corrected chi connectivity index (χ1v) is 9.17. The predicted molar refractivity (Wildman–Crippen MR) is 83.9 cm³/mol. The van der Waals surface area contributed by atoms with Gasteiger partial charge in [0, 0.05) is 12.6 Å². The Morgan fingerprint density at radius 1 is 0.950 bits per heavy atom. The van der Waals surface area contributed by atoms with Crippen LogP contribution in [0.15, 0.2) is 0 Å². The molecule has 20 heavy (non-hydrogen) atoms. The van der Waals surface area contributed by atoms with Crippen LogP contribution in [-0.2, 0) is 4.74 Å². The van der Waals surface area contributed by atoms with Crippen molar-refractivity contribution in [1.82, 2.24) is 5.32 Å². The summed E-state index contributed by atoms with van der Waals surface area (Å²) < 4.78 is 6.56. The summed E-state index contributed by atoms with van der Waals surface area (Å²) in [7, 11) is 0. The van der Waals surface area contributed by atoms with E-state index < -0.39 is 0 Å². The highest BCUT2D eigenvalue weighted by atomic mass is 16.5. The molecule has 0 saturated heterocycles. The van der Waals surface area contributed by atoms with Crippen molar-refractivity contribution in [2.24, 2.45) is 11.8 Å². The molecule has 116 valence electrons. The summed E-state index contributed by atoms with van der Waals surface area (Å²) in [5.74, 6) is 1.82. The number of hydrogen-bond donors (Lipinski definition) is 1. The highest BCUT2D eigenvalue weighted by Gasteiger charge is 2.37. The molecule has 3 aliphatic carbocycles. The largest absolute Gasteiger partial charge is 0.373 e. The Labute approximate surface area is 125 Å². The van der Waals surface area contributed by atoms with Gasteiger partial charge in [0.1, 0.15) is 0 Å². The fraction of sp³-hybridized carbons (Fsp3) is 1.00. The Hall–Kier alpha value is -0.0800. The van der Waals surface area contributed by atoms with Crippen molar-refractivity contribution < 1.29 is 4.74 Å². The van der Waals surface area contributed by atoms with Gasteiger partial charge in [-0.15, -0.1) is 0 Å². The molecule has 3 saturated carbocycles. The minimum absolute atomic E-state index is 0.177. The molecule has 3 aliphatic rings. The van der Waals surface area contributed by atoms with Gasteiger partial charge in [0.05, 0.1) is 12.2 Å². The molecule has 0 unspecified atom stereocenters. The minimum Gasteiger partial charge on any atom is -0.373 e. The summed E-state index contributed by atoms with van der Waals surface area (Å²) in [5, 5.41) is 3.75. The maximum absolute atomic E-state index is 6.56. The molecule has 3 fully saturated rings. The third kappa shape index (κ3) is 3.98. The third-order valence-corrected chi connectivity index (χ3v) is 5.98. The van der Waals surface area contributed by atoms with Crippen LogP contribution in [0.5, 0.6) is 0 Å². The fourth-order valence-electron chi connectivity index (χ4n) is 4.07. The summed E-state index contributed by atoms with van der Waals surface area (Å²) in [6.07, 6.45) is 15.1. The lowest BCUT2D eigenvalue weighted by Crippen LogP contribution is -2.47. The molecule has 0 amide bonds. The first-order chi connectivity index (χ1) is 9.80. The van der Waals surface area contributed by atoms with E-state index in [4.69, 9.17) is 4.74 Å². The zero-order valence-corrected chi connectivity index (χ0v) is 13.3. The lowest BCUT2D eigenvalue weighted by Gasteiger charge is -2.41. The molecule has 0 aromatic rings. The summed E-state index contributed by atoms with van der Waals surface area (Å²) in [6, 6.07) is 0.811. The standard InChI is InChI=1S/C18H33NO/c1-2-15-9-11-18(12-10-15,14-19-17-7-8-17)20-13-16-5-3-4-6-16/h15-17,19H,2-14H2,1H3. The first-order valence-electron chi connectivity index (χ1n) is 9.17. The second kappa shape index (κ2) is 6.79. The van der Waals surface area contributed by atoms with E-state index in [9.17, 15) is 0 Å². The van der Waals surface area contributed by atoms with Gasteiger partial charge in [-0.2, -0.15) is 0 Å². The third-order valence-electron chi connectivity index (χ3n) is 5.98. The number of hydrogen-bond acceptors (Lipinski definition) is 2. The molecule has 0 aliphatic heterocycles. The van der Waals surface area contributed by atoms with Gasteiger partial charge in [-0.25, -0.2) is 0 Å². The van der Waals surface area contributed by atoms with E-state index in [1.54, 1.807) is 0 Å². The van der Waals surface area contributed by atoms with Gasteiger partial charge in [-0.1, -0.05) is 26.2 Å². The molecule has 0 heterocycles. The Morgan fingerprint density at radius 2 is 1.65 bits per heavy atom. The molecule has 1 N–H and O–H groups in total. The molecule has 3 rings (SSSR count). The first kappa shape index (κ1) is 14.8. The maximum Gasteiger partial charge on any atom is 0.0806 e. The fourth-order valence-corrected chi connectivity index (χ4v) is 4.07. The second-order valence-electron chi connectivity index (χ2n) is 7.65. The van der Waals surface area contributed by atoms with Crippen LogP contribution >= 0.6 is 0 Å². The van der Waals surface area contributed by atoms with Crippen LogP contribution in [-0.4, -0.2) is 24.8 Å². The molecule has 2 nitrogen and oxygen atoms in total. The van der Waals surface area contributed by atoms with E-state index in [2.05, 4.69) is 12.2 Å². The number of nitrogens with one attached hydrogen (secondary N) is 1. The molecular weight excluding hydrogens is 246 g/mol. The normalized spacial score (nSPS) is 35.5. The molecule has 0 atom stereocenters. The summed E-state index contributed by atoms with van der Waals surface area (Å²) >= 11 is 0. The van der Waals surface area contributed by atoms with E-state index in [0.29, 0.717) is 0 Å². The van der Waals surface area contributed by atoms with E-state index in [1.165, 1.54) is 70.6 Å². The van der Waals surface area contributed by atoms with Gasteiger partial charge in [0.15, 0.2) is 0 Å². The van der Waals surface area contributed by atoms with Crippen molar-refractivity contribution in [3.8, 4) is 0 Å². The van der Waals surface area contributed by atoms with Crippen LogP contribution < -0.4 is 5.32 Å². The number of rotatable bonds is 7. The lowest BCUT2D eigenvalue weighted by atomic mass is 9.77. The smallest absolute Gasteiger partial charge is 0.0806 e. The van der Waals surface area contributed by atoms with E-state index in [-0.39, 0.29) is 5.60 Å². The molecule has 0 aromatic heterocycles. The second-order valence-corrected chi connectivity index (χ2v) is 7.65. The summed E-state index contributed by atoms with van der Waals surface area (Å²) in [6.45, 7) is 4.49. The molecular formula is C18H33NO. The molecule has 0 aromatic carbocycles.